The molecule has 224 valence electrons. The summed E-state index contributed by atoms with van der Waals surface area (Å²) >= 11 is 1.65. The summed E-state index contributed by atoms with van der Waals surface area (Å²) in [4.78, 5) is 28.8. The maximum Gasteiger partial charge on any atom is 0.410 e. The Hall–Kier alpha value is -4.17. The van der Waals surface area contributed by atoms with Crippen molar-refractivity contribution in [1.82, 2.24) is 9.47 Å². The van der Waals surface area contributed by atoms with Gasteiger partial charge in [0.1, 0.15) is 11.4 Å². The predicted octanol–water partition coefficient (Wildman–Crippen LogP) is 7.89. The van der Waals surface area contributed by atoms with Crippen molar-refractivity contribution in [1.29, 1.82) is 0 Å². The van der Waals surface area contributed by atoms with E-state index in [4.69, 9.17) is 9.47 Å². The maximum absolute atomic E-state index is 13.5. The summed E-state index contributed by atoms with van der Waals surface area (Å²) in [6, 6.07) is 23.9. The number of aromatic hydroxyl groups is 1. The Bertz CT molecular complexity index is 1640. The van der Waals surface area contributed by atoms with E-state index in [0.717, 1.165) is 27.2 Å². The summed E-state index contributed by atoms with van der Waals surface area (Å²) in [6.07, 6.45) is 2.19. The van der Waals surface area contributed by atoms with Crippen LogP contribution in [0.3, 0.4) is 0 Å². The molecule has 43 heavy (non-hydrogen) atoms. The predicted molar refractivity (Wildman–Crippen MR) is 172 cm³/mol. The Morgan fingerprint density at radius 3 is 2.33 bits per heavy atom. The number of benzene rings is 3. The van der Waals surface area contributed by atoms with Gasteiger partial charge in [-0.15, -0.1) is 11.8 Å². The van der Waals surface area contributed by atoms with Crippen LogP contribution < -0.4 is 0 Å². The van der Waals surface area contributed by atoms with Gasteiger partial charge in [-0.2, -0.15) is 0 Å². The topological polar surface area (TPSA) is 81.0 Å². The van der Waals surface area contributed by atoms with Gasteiger partial charge in [0, 0.05) is 46.9 Å². The zero-order valence-corrected chi connectivity index (χ0v) is 25.9. The minimum atomic E-state index is -0.568. The number of amides is 1. The van der Waals surface area contributed by atoms with E-state index in [1.165, 1.54) is 0 Å². The Morgan fingerprint density at radius 2 is 1.70 bits per heavy atom. The Kier molecular flexibility index (Phi) is 9.16. The SMILES string of the molecule is CCOC(=O)c1c(CSc2ccccc2)n(Cc2ccccc2)c2cc(C3=CCN(C(=O)OC(C)(C)C)CC3)c(O)cc12. The molecule has 1 amide bonds. The molecular formula is C35H38N2O5S. The van der Waals surface area contributed by atoms with Gasteiger partial charge in [-0.1, -0.05) is 54.6 Å². The Morgan fingerprint density at radius 1 is 1.00 bits per heavy atom. The zero-order chi connectivity index (χ0) is 30.6. The molecular weight excluding hydrogens is 560 g/mol. The van der Waals surface area contributed by atoms with Gasteiger partial charge in [-0.05, 0) is 69.5 Å². The third kappa shape index (κ3) is 7.08. The monoisotopic (exact) mass is 598 g/mol. The van der Waals surface area contributed by atoms with Crippen molar-refractivity contribution in [3.8, 4) is 5.75 Å². The zero-order valence-electron chi connectivity index (χ0n) is 25.1. The highest BCUT2D eigenvalue weighted by molar-refractivity contribution is 7.98. The highest BCUT2D eigenvalue weighted by atomic mass is 32.2. The summed E-state index contributed by atoms with van der Waals surface area (Å²) in [5, 5.41) is 12.0. The van der Waals surface area contributed by atoms with Crippen molar-refractivity contribution in [2.75, 3.05) is 19.7 Å². The lowest BCUT2D eigenvalue weighted by Crippen LogP contribution is -2.39. The molecule has 1 aromatic heterocycles. The van der Waals surface area contributed by atoms with E-state index in [1.807, 2.05) is 69.3 Å². The molecule has 3 aromatic carbocycles. The number of fused-ring (bicyclic) bond motifs is 1. The van der Waals surface area contributed by atoms with Gasteiger partial charge in [0.2, 0.25) is 0 Å². The number of hydrogen-bond donors (Lipinski definition) is 1. The van der Waals surface area contributed by atoms with E-state index in [1.54, 1.807) is 29.7 Å². The van der Waals surface area contributed by atoms with Crippen molar-refractivity contribution >= 4 is 40.3 Å². The van der Waals surface area contributed by atoms with E-state index in [-0.39, 0.29) is 18.4 Å². The first-order valence-electron chi connectivity index (χ1n) is 14.6. The summed E-state index contributed by atoms with van der Waals surface area (Å²) in [5.41, 5.74) is 4.34. The van der Waals surface area contributed by atoms with Crippen LogP contribution in [0.2, 0.25) is 0 Å². The van der Waals surface area contributed by atoms with Crippen LogP contribution in [-0.2, 0) is 21.8 Å². The van der Waals surface area contributed by atoms with E-state index >= 15 is 0 Å². The van der Waals surface area contributed by atoms with Crippen molar-refractivity contribution < 1.29 is 24.2 Å². The molecule has 1 N–H and O–H groups in total. The summed E-state index contributed by atoms with van der Waals surface area (Å²) in [7, 11) is 0. The van der Waals surface area contributed by atoms with Gasteiger partial charge in [0.05, 0.1) is 17.7 Å². The quantitative estimate of drug-likeness (QED) is 0.164. The van der Waals surface area contributed by atoms with Gasteiger partial charge < -0.3 is 24.0 Å². The molecule has 0 saturated heterocycles. The average Bonchev–Trinajstić information content (AvgIpc) is 3.27. The lowest BCUT2D eigenvalue weighted by Gasteiger charge is -2.29. The van der Waals surface area contributed by atoms with Crippen LogP contribution in [0, 0.1) is 0 Å². The first kappa shape index (κ1) is 30.3. The standard InChI is InChI=1S/C35H38N2O5S/c1-5-41-33(39)32-28-21-31(38)27(25-16-18-36(19-17-25)34(40)42-35(2,3)4)20-29(28)37(22-24-12-8-6-9-13-24)30(32)23-43-26-14-10-7-11-15-26/h6-16,20-21,38H,5,17-19,22-23H2,1-4H3. The molecule has 0 radical (unpaired) electrons. The highest BCUT2D eigenvalue weighted by Crippen LogP contribution is 2.39. The van der Waals surface area contributed by atoms with Crippen molar-refractivity contribution in [3.05, 3.63) is 101 Å². The molecule has 1 aliphatic rings. The van der Waals surface area contributed by atoms with Crippen LogP contribution in [0.5, 0.6) is 5.75 Å². The fraction of sp³-hybridized carbons (Fsp3) is 0.314. The van der Waals surface area contributed by atoms with Gasteiger partial charge in [0.25, 0.3) is 0 Å². The molecule has 0 bridgehead atoms. The molecule has 4 aromatic rings. The minimum absolute atomic E-state index is 0.0918. The summed E-state index contributed by atoms with van der Waals surface area (Å²) < 4.78 is 13.3. The number of phenols is 1. The maximum atomic E-state index is 13.5. The number of esters is 1. The summed E-state index contributed by atoms with van der Waals surface area (Å²) in [6.45, 7) is 9.03. The second kappa shape index (κ2) is 13.0. The molecule has 8 heteroatoms. The normalized spacial score (nSPS) is 13.6. The van der Waals surface area contributed by atoms with Gasteiger partial charge in [-0.3, -0.25) is 0 Å². The van der Waals surface area contributed by atoms with Crippen molar-refractivity contribution in [2.24, 2.45) is 0 Å². The first-order valence-corrected chi connectivity index (χ1v) is 15.6. The van der Waals surface area contributed by atoms with Crippen LogP contribution in [0.15, 0.2) is 83.8 Å². The molecule has 5 rings (SSSR count). The lowest BCUT2D eigenvalue weighted by molar-refractivity contribution is 0.0270. The van der Waals surface area contributed by atoms with E-state index in [2.05, 4.69) is 28.8 Å². The lowest BCUT2D eigenvalue weighted by atomic mass is 9.97. The van der Waals surface area contributed by atoms with Crippen LogP contribution in [-0.4, -0.2) is 51.9 Å². The first-order chi connectivity index (χ1) is 20.6. The minimum Gasteiger partial charge on any atom is -0.507 e. The molecule has 1 aliphatic heterocycles. The number of carbonyl (C=O) groups excluding carboxylic acids is 2. The molecule has 0 spiro atoms. The largest absolute Gasteiger partial charge is 0.507 e. The number of thioether (sulfide) groups is 1. The molecule has 0 aliphatic carbocycles. The van der Waals surface area contributed by atoms with Crippen molar-refractivity contribution in [3.63, 3.8) is 0 Å². The fourth-order valence-electron chi connectivity index (χ4n) is 5.30. The molecule has 0 atom stereocenters. The number of nitrogens with zero attached hydrogens (tertiary/aromatic N) is 2. The van der Waals surface area contributed by atoms with Crippen LogP contribution in [0.4, 0.5) is 4.79 Å². The van der Waals surface area contributed by atoms with Gasteiger partial charge in [-0.25, -0.2) is 9.59 Å². The summed E-state index contributed by atoms with van der Waals surface area (Å²) in [5.74, 6) is 0.234. The highest BCUT2D eigenvalue weighted by Gasteiger charge is 2.28. The van der Waals surface area contributed by atoms with Crippen LogP contribution in [0.1, 0.15) is 61.3 Å². The van der Waals surface area contributed by atoms with Crippen LogP contribution >= 0.6 is 11.8 Å². The van der Waals surface area contributed by atoms with Crippen LogP contribution in [0.25, 0.3) is 16.5 Å². The molecule has 0 saturated carbocycles. The number of phenolic OH excluding ortho intramolecular Hbond substituents is 1. The van der Waals surface area contributed by atoms with E-state index < -0.39 is 11.6 Å². The van der Waals surface area contributed by atoms with Gasteiger partial charge in [0.15, 0.2) is 0 Å². The molecule has 0 fully saturated rings. The van der Waals surface area contributed by atoms with E-state index in [9.17, 15) is 14.7 Å². The second-order valence-electron chi connectivity index (χ2n) is 11.5. The smallest absolute Gasteiger partial charge is 0.410 e. The van der Waals surface area contributed by atoms with Gasteiger partial charge >= 0.3 is 12.1 Å². The number of aromatic nitrogens is 1. The molecule has 0 unspecified atom stereocenters. The Labute approximate surface area is 257 Å². The third-order valence-electron chi connectivity index (χ3n) is 7.28. The van der Waals surface area contributed by atoms with Crippen molar-refractivity contribution in [2.45, 2.75) is 56.9 Å². The third-order valence-corrected chi connectivity index (χ3v) is 8.30. The number of ether oxygens (including phenoxy) is 2. The fourth-order valence-corrected chi connectivity index (χ4v) is 6.25. The average molecular weight is 599 g/mol. The number of carbonyl (C=O) groups is 2. The second-order valence-corrected chi connectivity index (χ2v) is 12.6. The Balaban J connectivity index is 1.59. The number of rotatable bonds is 8. The molecule has 2 heterocycles. The van der Waals surface area contributed by atoms with E-state index in [0.29, 0.717) is 48.3 Å². The number of hydrogen-bond acceptors (Lipinski definition) is 6. The molecule has 7 nitrogen and oxygen atoms in total.